The normalized spacial score (nSPS) is 12.3. The minimum atomic E-state index is -3.68. The summed E-state index contributed by atoms with van der Waals surface area (Å²) in [6.07, 6.45) is 1.56. The van der Waals surface area contributed by atoms with Gasteiger partial charge in [-0.3, -0.25) is 13.9 Å². The molecule has 3 aromatic rings. The summed E-state index contributed by atoms with van der Waals surface area (Å²) in [7, 11) is -2.22. The largest absolute Gasteiger partial charge is 0.495 e. The minimum Gasteiger partial charge on any atom is -0.495 e. The maximum absolute atomic E-state index is 13.9. The number of methoxy groups -OCH3 is 1. The maximum atomic E-state index is 13.9. The molecule has 1 N–H and O–H groups in total. The number of rotatable bonds is 13. The van der Waals surface area contributed by atoms with E-state index in [1.807, 2.05) is 51.1 Å². The monoisotopic (exact) mass is 597 g/mol. The van der Waals surface area contributed by atoms with Crippen LogP contribution in [0.2, 0.25) is 0 Å². The highest BCUT2D eigenvalue weighted by Crippen LogP contribution is 2.30. The van der Waals surface area contributed by atoms with E-state index in [0.29, 0.717) is 17.0 Å². The molecule has 0 heterocycles. The lowest BCUT2D eigenvalue weighted by Crippen LogP contribution is -2.54. The van der Waals surface area contributed by atoms with E-state index in [9.17, 15) is 22.4 Å². The third-order valence-corrected chi connectivity index (χ3v) is 7.72. The molecule has 0 radical (unpaired) electrons. The molecule has 2 amide bonds. The van der Waals surface area contributed by atoms with Crippen LogP contribution < -0.4 is 14.4 Å². The summed E-state index contributed by atoms with van der Waals surface area (Å²) in [5.41, 5.74) is 1.38. The van der Waals surface area contributed by atoms with Crippen molar-refractivity contribution in [2.45, 2.75) is 58.2 Å². The molecule has 0 spiro atoms. The number of sulfonamides is 1. The van der Waals surface area contributed by atoms with Gasteiger partial charge in [-0.2, -0.15) is 0 Å². The Bertz CT molecular complexity index is 1440. The van der Waals surface area contributed by atoms with Crippen LogP contribution in [-0.4, -0.2) is 56.6 Å². The van der Waals surface area contributed by atoms with Crippen molar-refractivity contribution >= 4 is 27.5 Å². The summed E-state index contributed by atoms with van der Waals surface area (Å²) in [5.74, 6) is -0.638. The molecule has 0 unspecified atom stereocenters. The molecule has 226 valence electrons. The van der Waals surface area contributed by atoms with Crippen LogP contribution in [0.5, 0.6) is 5.75 Å². The molecule has 3 rings (SSSR count). The molecule has 42 heavy (non-hydrogen) atoms. The van der Waals surface area contributed by atoms with Crippen molar-refractivity contribution in [3.8, 4) is 5.75 Å². The Morgan fingerprint density at radius 1 is 0.929 bits per heavy atom. The predicted octanol–water partition coefficient (Wildman–Crippen LogP) is 4.94. The second kappa shape index (κ2) is 14.3. The number of halogens is 1. The summed E-state index contributed by atoms with van der Waals surface area (Å²) in [5, 5.41) is 3.00. The Kier molecular flexibility index (Phi) is 11.1. The van der Waals surface area contributed by atoms with Gasteiger partial charge < -0.3 is 15.0 Å². The highest BCUT2D eigenvalue weighted by atomic mass is 32.2. The molecule has 10 heteroatoms. The smallest absolute Gasteiger partial charge is 0.243 e. The lowest BCUT2D eigenvalue weighted by molar-refractivity contribution is -0.142. The van der Waals surface area contributed by atoms with Gasteiger partial charge in [-0.25, -0.2) is 12.8 Å². The number of ether oxygens (including phenoxy) is 1. The van der Waals surface area contributed by atoms with Crippen LogP contribution >= 0.6 is 0 Å². The first kappa shape index (κ1) is 32.6. The van der Waals surface area contributed by atoms with Crippen molar-refractivity contribution in [1.82, 2.24) is 10.2 Å². The van der Waals surface area contributed by atoms with E-state index < -0.39 is 27.4 Å². The number of para-hydroxylation sites is 2. The number of amides is 2. The first-order valence-corrected chi connectivity index (χ1v) is 15.6. The quantitative estimate of drug-likeness (QED) is 0.301. The number of anilines is 1. The number of hydrogen-bond acceptors (Lipinski definition) is 5. The average Bonchev–Trinajstić information content (AvgIpc) is 2.93. The molecule has 1 atom stereocenters. The van der Waals surface area contributed by atoms with E-state index in [4.69, 9.17) is 4.74 Å². The molecule has 0 saturated heterocycles. The fourth-order valence-electron chi connectivity index (χ4n) is 4.61. The molecule has 0 bridgehead atoms. The van der Waals surface area contributed by atoms with Crippen molar-refractivity contribution in [2.24, 2.45) is 0 Å². The zero-order chi connectivity index (χ0) is 30.9. The van der Waals surface area contributed by atoms with Crippen LogP contribution in [0, 0.1) is 5.82 Å². The Labute approximate surface area is 248 Å². The Morgan fingerprint density at radius 3 is 2.14 bits per heavy atom. The Balaban J connectivity index is 1.91. The Hall–Kier alpha value is -3.92. The summed E-state index contributed by atoms with van der Waals surface area (Å²) >= 11 is 0. The van der Waals surface area contributed by atoms with Gasteiger partial charge in [0.2, 0.25) is 21.8 Å². The van der Waals surface area contributed by atoms with Gasteiger partial charge in [0.15, 0.2) is 0 Å². The topological polar surface area (TPSA) is 96.0 Å². The van der Waals surface area contributed by atoms with Gasteiger partial charge in [0.25, 0.3) is 0 Å². The first-order chi connectivity index (χ1) is 19.8. The molecule has 0 aromatic heterocycles. The number of benzene rings is 3. The van der Waals surface area contributed by atoms with Gasteiger partial charge in [0, 0.05) is 31.5 Å². The lowest BCUT2D eigenvalue weighted by Gasteiger charge is -2.34. The lowest BCUT2D eigenvalue weighted by atomic mass is 10.00. The van der Waals surface area contributed by atoms with Crippen LogP contribution in [0.25, 0.3) is 0 Å². The van der Waals surface area contributed by atoms with Crippen molar-refractivity contribution in [3.05, 3.63) is 95.8 Å². The first-order valence-electron chi connectivity index (χ1n) is 13.8. The van der Waals surface area contributed by atoms with Gasteiger partial charge in [-0.15, -0.1) is 0 Å². The van der Waals surface area contributed by atoms with E-state index in [-0.39, 0.29) is 44.2 Å². The van der Waals surface area contributed by atoms with Crippen molar-refractivity contribution in [3.63, 3.8) is 0 Å². The third kappa shape index (κ3) is 9.58. The standard InChI is InChI=1S/C32H40FN3O5S/c1-32(2,3)34-31(38)28(22-24-12-7-6-8-13-24)35(23-25-17-19-26(33)20-18-25)30(37)16-11-21-36(42(5,39)40)27-14-9-10-15-29(27)41-4/h6-10,12-15,17-20,28H,11,16,21-23H2,1-5H3,(H,34,38)/t28-/m1/s1. The summed E-state index contributed by atoms with van der Waals surface area (Å²) in [6.45, 7) is 5.72. The number of carbonyl (C=O) groups excluding carboxylic acids is 2. The van der Waals surface area contributed by atoms with Gasteiger partial charge in [0.05, 0.1) is 19.1 Å². The van der Waals surface area contributed by atoms with Crippen LogP contribution in [0.4, 0.5) is 10.1 Å². The fraction of sp³-hybridized carbons (Fsp3) is 0.375. The fourth-order valence-corrected chi connectivity index (χ4v) is 5.58. The van der Waals surface area contributed by atoms with E-state index in [1.54, 1.807) is 36.4 Å². The van der Waals surface area contributed by atoms with Crippen molar-refractivity contribution in [2.75, 3.05) is 24.2 Å². The van der Waals surface area contributed by atoms with Crippen LogP contribution in [0.1, 0.15) is 44.7 Å². The molecule has 3 aromatic carbocycles. The van der Waals surface area contributed by atoms with Crippen molar-refractivity contribution < 1.29 is 27.1 Å². The average molecular weight is 598 g/mol. The number of nitrogens with one attached hydrogen (secondary N) is 1. The van der Waals surface area contributed by atoms with Gasteiger partial charge in [-0.1, -0.05) is 54.6 Å². The molecule has 8 nitrogen and oxygen atoms in total. The molecule has 0 aliphatic carbocycles. The van der Waals surface area contributed by atoms with Crippen LogP contribution in [0.15, 0.2) is 78.9 Å². The van der Waals surface area contributed by atoms with Gasteiger partial charge in [0.1, 0.15) is 17.6 Å². The highest BCUT2D eigenvalue weighted by molar-refractivity contribution is 7.92. The minimum absolute atomic E-state index is 0.0174. The predicted molar refractivity (Wildman–Crippen MR) is 163 cm³/mol. The molecule has 0 aliphatic heterocycles. The van der Waals surface area contributed by atoms with E-state index in [1.165, 1.54) is 28.4 Å². The van der Waals surface area contributed by atoms with Crippen LogP contribution in [-0.2, 0) is 32.6 Å². The molecule has 0 aliphatic rings. The second-order valence-corrected chi connectivity index (χ2v) is 13.1. The summed E-state index contributed by atoms with van der Waals surface area (Å²) in [6, 6.07) is 21.2. The van der Waals surface area contributed by atoms with Gasteiger partial charge >= 0.3 is 0 Å². The van der Waals surface area contributed by atoms with E-state index in [0.717, 1.165) is 11.8 Å². The van der Waals surface area contributed by atoms with Crippen molar-refractivity contribution in [1.29, 1.82) is 0 Å². The summed E-state index contributed by atoms with van der Waals surface area (Å²) in [4.78, 5) is 29.1. The second-order valence-electron chi connectivity index (χ2n) is 11.2. The Morgan fingerprint density at radius 2 is 1.55 bits per heavy atom. The molecular weight excluding hydrogens is 557 g/mol. The molecular formula is C32H40FN3O5S. The molecule has 0 fully saturated rings. The third-order valence-electron chi connectivity index (χ3n) is 6.54. The maximum Gasteiger partial charge on any atom is 0.243 e. The zero-order valence-corrected chi connectivity index (χ0v) is 25.7. The number of hydrogen-bond donors (Lipinski definition) is 1. The van der Waals surface area contributed by atoms with E-state index >= 15 is 0 Å². The number of carbonyl (C=O) groups is 2. The van der Waals surface area contributed by atoms with Gasteiger partial charge in [-0.05, 0) is 62.6 Å². The number of nitrogens with zero attached hydrogens (tertiary/aromatic N) is 2. The summed E-state index contributed by atoms with van der Waals surface area (Å²) < 4.78 is 45.7. The zero-order valence-electron chi connectivity index (χ0n) is 24.8. The highest BCUT2D eigenvalue weighted by Gasteiger charge is 2.32. The van der Waals surface area contributed by atoms with E-state index in [2.05, 4.69) is 5.32 Å². The molecule has 0 saturated carbocycles. The van der Waals surface area contributed by atoms with Crippen LogP contribution in [0.3, 0.4) is 0 Å². The SMILES string of the molecule is COc1ccccc1N(CCCC(=O)N(Cc1ccc(F)cc1)[C@H](Cc1ccccc1)C(=O)NC(C)(C)C)S(C)(=O)=O.